The maximum absolute atomic E-state index is 12.1. The fourth-order valence-corrected chi connectivity index (χ4v) is 3.63. The van der Waals surface area contributed by atoms with E-state index in [4.69, 9.17) is 4.42 Å². The van der Waals surface area contributed by atoms with E-state index >= 15 is 0 Å². The highest BCUT2D eigenvalue weighted by atomic mass is 16.3. The van der Waals surface area contributed by atoms with Crippen LogP contribution in [0, 0.1) is 5.92 Å². The molecule has 1 aliphatic heterocycles. The van der Waals surface area contributed by atoms with E-state index in [9.17, 15) is 4.79 Å². The lowest BCUT2D eigenvalue weighted by Gasteiger charge is -2.08. The standard InChI is InChI=1S/C19H26N4O2/c1-13-11-15(13)16-8-6-14(25-16)7-9-19(24)20-12-18-22-21-17-5-3-2-4-10-23(17)18/h6,8,13,15H,2-5,7,9-12H2,1H3,(H,20,24)/t13-,15+/m0/s1. The summed E-state index contributed by atoms with van der Waals surface area (Å²) in [6.07, 6.45) is 6.86. The average molecular weight is 342 g/mol. The second kappa shape index (κ2) is 7.02. The van der Waals surface area contributed by atoms with Crippen molar-refractivity contribution in [2.24, 2.45) is 5.92 Å². The molecular weight excluding hydrogens is 316 g/mol. The summed E-state index contributed by atoms with van der Waals surface area (Å²) >= 11 is 0. The van der Waals surface area contributed by atoms with E-state index < -0.39 is 0 Å². The summed E-state index contributed by atoms with van der Waals surface area (Å²) in [5.41, 5.74) is 0. The number of rotatable bonds is 6. The van der Waals surface area contributed by atoms with Crippen molar-refractivity contribution in [1.29, 1.82) is 0 Å². The SMILES string of the molecule is C[C@H]1C[C@H]1c1ccc(CCC(=O)NCc2nnc3n2CCCCC3)o1. The van der Waals surface area contributed by atoms with Crippen LogP contribution in [0.5, 0.6) is 0 Å². The van der Waals surface area contributed by atoms with Crippen molar-refractivity contribution in [3.05, 3.63) is 35.3 Å². The molecule has 1 amide bonds. The lowest BCUT2D eigenvalue weighted by atomic mass is 10.2. The molecule has 2 aromatic rings. The van der Waals surface area contributed by atoms with E-state index in [0.29, 0.717) is 25.3 Å². The van der Waals surface area contributed by atoms with E-state index in [2.05, 4.69) is 33.1 Å². The summed E-state index contributed by atoms with van der Waals surface area (Å²) in [7, 11) is 0. The molecule has 1 N–H and O–H groups in total. The third kappa shape index (κ3) is 3.78. The molecule has 6 nitrogen and oxygen atoms in total. The fourth-order valence-electron chi connectivity index (χ4n) is 3.63. The van der Waals surface area contributed by atoms with Crippen LogP contribution in [0.3, 0.4) is 0 Å². The zero-order chi connectivity index (χ0) is 17.2. The number of furan rings is 1. The Balaban J connectivity index is 1.25. The smallest absolute Gasteiger partial charge is 0.220 e. The van der Waals surface area contributed by atoms with Gasteiger partial charge in [0, 0.05) is 31.7 Å². The molecule has 4 rings (SSSR count). The van der Waals surface area contributed by atoms with Gasteiger partial charge in [-0.25, -0.2) is 0 Å². The Morgan fingerprint density at radius 1 is 1.32 bits per heavy atom. The van der Waals surface area contributed by atoms with Crippen molar-refractivity contribution in [2.75, 3.05) is 0 Å². The largest absolute Gasteiger partial charge is 0.466 e. The number of carbonyl (C=O) groups excluding carboxylic acids is 1. The molecule has 0 radical (unpaired) electrons. The summed E-state index contributed by atoms with van der Waals surface area (Å²) in [6.45, 7) is 3.66. The van der Waals surface area contributed by atoms with Gasteiger partial charge < -0.3 is 14.3 Å². The Hall–Kier alpha value is -2.11. The number of hydrogen-bond acceptors (Lipinski definition) is 4. The van der Waals surface area contributed by atoms with Crippen LogP contribution in [-0.4, -0.2) is 20.7 Å². The van der Waals surface area contributed by atoms with Gasteiger partial charge in [0.15, 0.2) is 5.82 Å². The molecule has 1 saturated carbocycles. The molecule has 1 aliphatic carbocycles. The third-order valence-electron chi connectivity index (χ3n) is 5.39. The van der Waals surface area contributed by atoms with Crippen LogP contribution >= 0.6 is 0 Å². The molecule has 0 aromatic carbocycles. The normalized spacial score (nSPS) is 22.3. The first-order valence-electron chi connectivity index (χ1n) is 9.47. The predicted octanol–water partition coefficient (Wildman–Crippen LogP) is 2.97. The Morgan fingerprint density at radius 3 is 3.04 bits per heavy atom. The molecule has 6 heteroatoms. The van der Waals surface area contributed by atoms with Crippen LogP contribution in [0.25, 0.3) is 0 Å². The molecular formula is C19H26N4O2. The number of hydrogen-bond donors (Lipinski definition) is 1. The first-order chi connectivity index (χ1) is 12.2. The maximum Gasteiger partial charge on any atom is 0.220 e. The highest BCUT2D eigenvalue weighted by molar-refractivity contribution is 5.75. The highest BCUT2D eigenvalue weighted by Gasteiger charge is 2.36. The number of carbonyl (C=O) groups is 1. The summed E-state index contributed by atoms with van der Waals surface area (Å²) in [6, 6.07) is 4.07. The molecule has 25 heavy (non-hydrogen) atoms. The third-order valence-corrected chi connectivity index (χ3v) is 5.39. The molecule has 0 saturated heterocycles. The van der Waals surface area contributed by atoms with Crippen molar-refractivity contribution >= 4 is 5.91 Å². The Kier molecular flexibility index (Phi) is 4.59. The van der Waals surface area contributed by atoms with E-state index in [1.165, 1.54) is 19.3 Å². The quantitative estimate of drug-likeness (QED) is 0.876. The van der Waals surface area contributed by atoms with Crippen LogP contribution in [-0.2, 0) is 30.7 Å². The minimum Gasteiger partial charge on any atom is -0.466 e. The van der Waals surface area contributed by atoms with Gasteiger partial charge in [-0.1, -0.05) is 13.3 Å². The Morgan fingerprint density at radius 2 is 2.20 bits per heavy atom. The van der Waals surface area contributed by atoms with Crippen LogP contribution in [0.2, 0.25) is 0 Å². The maximum atomic E-state index is 12.1. The summed E-state index contributed by atoms with van der Waals surface area (Å²) < 4.78 is 8.03. The van der Waals surface area contributed by atoms with E-state index in [0.717, 1.165) is 48.5 Å². The molecule has 2 aromatic heterocycles. The predicted molar refractivity (Wildman–Crippen MR) is 93.0 cm³/mol. The number of aryl methyl sites for hydroxylation is 2. The molecule has 1 fully saturated rings. The van der Waals surface area contributed by atoms with Gasteiger partial charge in [-0.05, 0) is 37.3 Å². The minimum absolute atomic E-state index is 0.0312. The average Bonchev–Trinajstić information content (AvgIpc) is 3.06. The van der Waals surface area contributed by atoms with Crippen molar-refractivity contribution in [3.63, 3.8) is 0 Å². The minimum atomic E-state index is 0.0312. The molecule has 3 heterocycles. The molecule has 134 valence electrons. The second-order valence-corrected chi connectivity index (χ2v) is 7.40. The van der Waals surface area contributed by atoms with E-state index in [-0.39, 0.29) is 5.91 Å². The first-order valence-corrected chi connectivity index (χ1v) is 9.47. The summed E-state index contributed by atoms with van der Waals surface area (Å²) in [4.78, 5) is 12.1. The molecule has 2 atom stereocenters. The number of nitrogens with zero attached hydrogens (tertiary/aromatic N) is 3. The number of aromatic nitrogens is 3. The lowest BCUT2D eigenvalue weighted by molar-refractivity contribution is -0.121. The van der Waals surface area contributed by atoms with Gasteiger partial charge in [-0.2, -0.15) is 0 Å². The van der Waals surface area contributed by atoms with Gasteiger partial charge in [-0.15, -0.1) is 10.2 Å². The number of nitrogens with one attached hydrogen (secondary N) is 1. The topological polar surface area (TPSA) is 73.0 Å². The Labute approximate surface area is 148 Å². The molecule has 0 unspecified atom stereocenters. The van der Waals surface area contributed by atoms with E-state index in [1.807, 2.05) is 6.07 Å². The molecule has 0 spiro atoms. The monoisotopic (exact) mass is 342 g/mol. The van der Waals surface area contributed by atoms with Crippen LogP contribution in [0.1, 0.15) is 68.1 Å². The zero-order valence-electron chi connectivity index (χ0n) is 14.8. The van der Waals surface area contributed by atoms with Gasteiger partial charge in [-0.3, -0.25) is 4.79 Å². The van der Waals surface area contributed by atoms with Gasteiger partial charge in [0.2, 0.25) is 5.91 Å². The number of amides is 1. The highest BCUT2D eigenvalue weighted by Crippen LogP contribution is 2.47. The van der Waals surface area contributed by atoms with Crippen LogP contribution < -0.4 is 5.32 Å². The van der Waals surface area contributed by atoms with Crippen molar-refractivity contribution < 1.29 is 9.21 Å². The van der Waals surface area contributed by atoms with E-state index in [1.54, 1.807) is 0 Å². The van der Waals surface area contributed by atoms with Gasteiger partial charge >= 0.3 is 0 Å². The van der Waals surface area contributed by atoms with Crippen LogP contribution in [0.4, 0.5) is 0 Å². The first kappa shape index (κ1) is 16.4. The van der Waals surface area contributed by atoms with Crippen molar-refractivity contribution in [2.45, 2.75) is 70.9 Å². The molecule has 0 bridgehead atoms. The molecule has 2 aliphatic rings. The lowest BCUT2D eigenvalue weighted by Crippen LogP contribution is -2.25. The summed E-state index contributed by atoms with van der Waals surface area (Å²) in [5, 5.41) is 11.5. The van der Waals surface area contributed by atoms with Gasteiger partial charge in [0.1, 0.15) is 17.3 Å². The summed E-state index contributed by atoms with van der Waals surface area (Å²) in [5.74, 6) is 5.26. The Bertz CT molecular complexity index is 748. The van der Waals surface area contributed by atoms with Gasteiger partial charge in [0.05, 0.1) is 6.54 Å². The van der Waals surface area contributed by atoms with Gasteiger partial charge in [0.25, 0.3) is 0 Å². The van der Waals surface area contributed by atoms with Crippen molar-refractivity contribution in [1.82, 2.24) is 20.1 Å². The van der Waals surface area contributed by atoms with Crippen molar-refractivity contribution in [3.8, 4) is 0 Å². The fraction of sp³-hybridized carbons (Fsp3) is 0.632. The second-order valence-electron chi connectivity index (χ2n) is 7.40. The number of fused-ring (bicyclic) bond motifs is 1. The zero-order valence-corrected chi connectivity index (χ0v) is 14.8. The van der Waals surface area contributed by atoms with Crippen LogP contribution in [0.15, 0.2) is 16.5 Å².